The average Bonchev–Trinajstić information content (AvgIpc) is 2.55. The van der Waals surface area contributed by atoms with Crippen LogP contribution in [0, 0.1) is 12.8 Å². The second-order valence-electron chi connectivity index (χ2n) is 7.20. The Bertz CT molecular complexity index is 554. The molecule has 23 heavy (non-hydrogen) atoms. The van der Waals surface area contributed by atoms with Gasteiger partial charge in [-0.2, -0.15) is 0 Å². The summed E-state index contributed by atoms with van der Waals surface area (Å²) in [5.41, 5.74) is 1.37. The van der Waals surface area contributed by atoms with Crippen molar-refractivity contribution in [2.75, 3.05) is 18.0 Å². The molecule has 0 radical (unpaired) electrons. The molecular weight excluding hydrogens is 288 g/mol. The van der Waals surface area contributed by atoms with E-state index in [1.807, 2.05) is 6.92 Å². The van der Waals surface area contributed by atoms with Gasteiger partial charge in [0, 0.05) is 24.8 Å². The molecule has 2 aliphatic rings. The monoisotopic (exact) mass is 316 g/mol. The van der Waals surface area contributed by atoms with E-state index in [9.17, 15) is 4.79 Å². The molecule has 1 saturated heterocycles. The Morgan fingerprint density at radius 2 is 1.96 bits per heavy atom. The minimum Gasteiger partial charge on any atom is -0.348 e. The number of carbonyl (C=O) groups excluding carboxylic acids is 1. The lowest BCUT2D eigenvalue weighted by molar-refractivity contribution is 0.0922. The number of hydrogen-bond donors (Lipinski definition) is 1. The first kappa shape index (κ1) is 16.2. The van der Waals surface area contributed by atoms with Crippen molar-refractivity contribution in [3.05, 3.63) is 17.5 Å². The van der Waals surface area contributed by atoms with Gasteiger partial charge in [0.05, 0.1) is 0 Å². The zero-order valence-electron chi connectivity index (χ0n) is 14.3. The zero-order chi connectivity index (χ0) is 16.2. The first-order valence-corrected chi connectivity index (χ1v) is 9.03. The smallest absolute Gasteiger partial charge is 0.270 e. The first-order chi connectivity index (χ1) is 11.1. The van der Waals surface area contributed by atoms with Gasteiger partial charge in [0.15, 0.2) is 0 Å². The summed E-state index contributed by atoms with van der Waals surface area (Å²) in [5, 5.41) is 3.15. The number of nitrogens with zero attached hydrogens (tertiary/aromatic N) is 3. The van der Waals surface area contributed by atoms with E-state index in [1.165, 1.54) is 32.1 Å². The lowest BCUT2D eigenvalue weighted by atomic mass is 9.95. The fraction of sp³-hybridized carbons (Fsp3) is 0.722. The number of rotatable bonds is 3. The molecule has 1 aromatic heterocycles. The molecule has 5 heteroatoms. The largest absolute Gasteiger partial charge is 0.348 e. The molecule has 5 nitrogen and oxygen atoms in total. The van der Waals surface area contributed by atoms with Crippen LogP contribution in [0.3, 0.4) is 0 Å². The van der Waals surface area contributed by atoms with E-state index in [0.29, 0.717) is 23.6 Å². The summed E-state index contributed by atoms with van der Waals surface area (Å²) in [6, 6.07) is 2.11. The highest BCUT2D eigenvalue weighted by Gasteiger charge is 2.22. The van der Waals surface area contributed by atoms with Crippen LogP contribution < -0.4 is 10.2 Å². The van der Waals surface area contributed by atoms with E-state index in [2.05, 4.69) is 27.1 Å². The van der Waals surface area contributed by atoms with Crippen LogP contribution in [0.15, 0.2) is 6.07 Å². The van der Waals surface area contributed by atoms with E-state index >= 15 is 0 Å². The van der Waals surface area contributed by atoms with Gasteiger partial charge in [-0.1, -0.05) is 26.2 Å². The molecule has 1 amide bonds. The van der Waals surface area contributed by atoms with Crippen molar-refractivity contribution in [2.45, 2.75) is 64.8 Å². The second-order valence-corrected chi connectivity index (χ2v) is 7.20. The molecule has 3 rings (SSSR count). The summed E-state index contributed by atoms with van der Waals surface area (Å²) in [6.07, 6.45) is 8.32. The number of nitrogens with one attached hydrogen (secondary N) is 1. The van der Waals surface area contributed by atoms with Crippen LogP contribution in [0.25, 0.3) is 0 Å². The van der Waals surface area contributed by atoms with E-state index in [-0.39, 0.29) is 5.91 Å². The Hall–Kier alpha value is -1.65. The molecule has 1 N–H and O–H groups in total. The Balaban J connectivity index is 1.72. The summed E-state index contributed by atoms with van der Waals surface area (Å²) in [5.74, 6) is 1.33. The van der Waals surface area contributed by atoms with Crippen molar-refractivity contribution in [1.82, 2.24) is 15.3 Å². The van der Waals surface area contributed by atoms with Gasteiger partial charge < -0.3 is 10.2 Å². The summed E-state index contributed by atoms with van der Waals surface area (Å²) < 4.78 is 0. The van der Waals surface area contributed by atoms with Gasteiger partial charge in [-0.3, -0.25) is 4.79 Å². The lowest BCUT2D eigenvalue weighted by Gasteiger charge is -2.31. The maximum absolute atomic E-state index is 12.5. The summed E-state index contributed by atoms with van der Waals surface area (Å²) >= 11 is 0. The summed E-state index contributed by atoms with van der Waals surface area (Å²) in [7, 11) is 0. The molecule has 1 aliphatic carbocycles. The molecular formula is C18H28N4O. The number of carbonyl (C=O) groups is 1. The fourth-order valence-corrected chi connectivity index (χ4v) is 3.69. The molecule has 126 valence electrons. The van der Waals surface area contributed by atoms with Gasteiger partial charge in [0.25, 0.3) is 5.91 Å². The standard InChI is InChI=1S/C18H28N4O/c1-13-7-6-10-22(12-13)18-19-14(2)11-16(21-18)17(23)20-15-8-4-3-5-9-15/h11,13,15H,3-10,12H2,1-2H3,(H,20,23). The third-order valence-corrected chi connectivity index (χ3v) is 4.96. The maximum Gasteiger partial charge on any atom is 0.270 e. The van der Waals surface area contributed by atoms with Crippen LogP contribution in [0.4, 0.5) is 5.95 Å². The van der Waals surface area contributed by atoms with E-state index < -0.39 is 0 Å². The van der Waals surface area contributed by atoms with Gasteiger partial charge in [-0.15, -0.1) is 0 Å². The number of anilines is 1. The van der Waals surface area contributed by atoms with Gasteiger partial charge in [-0.25, -0.2) is 9.97 Å². The third kappa shape index (κ3) is 4.21. The van der Waals surface area contributed by atoms with E-state index in [0.717, 1.165) is 31.6 Å². The normalized spacial score (nSPS) is 22.9. The van der Waals surface area contributed by atoms with E-state index in [4.69, 9.17) is 0 Å². The number of hydrogen-bond acceptors (Lipinski definition) is 4. The Labute approximate surface area is 138 Å². The highest BCUT2D eigenvalue weighted by atomic mass is 16.1. The SMILES string of the molecule is Cc1cc(C(=O)NC2CCCCC2)nc(N2CCCC(C)C2)n1. The average molecular weight is 316 g/mol. The van der Waals surface area contributed by atoms with Crippen molar-refractivity contribution in [3.63, 3.8) is 0 Å². The minimum atomic E-state index is -0.0475. The molecule has 1 atom stereocenters. The van der Waals surface area contributed by atoms with Crippen LogP contribution in [-0.4, -0.2) is 35.0 Å². The van der Waals surface area contributed by atoms with Crippen molar-refractivity contribution >= 4 is 11.9 Å². The summed E-state index contributed by atoms with van der Waals surface area (Å²) in [4.78, 5) is 23.9. The van der Waals surface area contributed by atoms with Crippen LogP contribution in [0.5, 0.6) is 0 Å². The van der Waals surface area contributed by atoms with Crippen LogP contribution in [0.1, 0.15) is 68.1 Å². The van der Waals surface area contributed by atoms with E-state index in [1.54, 1.807) is 6.07 Å². The zero-order valence-corrected chi connectivity index (χ0v) is 14.3. The predicted octanol–water partition coefficient (Wildman–Crippen LogP) is 3.08. The van der Waals surface area contributed by atoms with Crippen molar-refractivity contribution in [3.8, 4) is 0 Å². The first-order valence-electron chi connectivity index (χ1n) is 9.03. The van der Waals surface area contributed by atoms with Crippen molar-refractivity contribution in [1.29, 1.82) is 0 Å². The molecule has 2 fully saturated rings. The topological polar surface area (TPSA) is 58.1 Å². The molecule has 1 aliphatic heterocycles. The Morgan fingerprint density at radius 3 is 2.70 bits per heavy atom. The lowest BCUT2D eigenvalue weighted by Crippen LogP contribution is -2.38. The number of aryl methyl sites for hydroxylation is 1. The molecule has 0 spiro atoms. The van der Waals surface area contributed by atoms with Crippen LogP contribution in [-0.2, 0) is 0 Å². The minimum absolute atomic E-state index is 0.0475. The molecule has 0 bridgehead atoms. The predicted molar refractivity (Wildman–Crippen MR) is 91.7 cm³/mol. The van der Waals surface area contributed by atoms with Gasteiger partial charge in [-0.05, 0) is 44.6 Å². The highest BCUT2D eigenvalue weighted by Crippen LogP contribution is 2.21. The van der Waals surface area contributed by atoms with Crippen LogP contribution in [0.2, 0.25) is 0 Å². The van der Waals surface area contributed by atoms with Gasteiger partial charge >= 0.3 is 0 Å². The number of amides is 1. The molecule has 2 heterocycles. The van der Waals surface area contributed by atoms with Gasteiger partial charge in [0.1, 0.15) is 5.69 Å². The molecule has 1 saturated carbocycles. The van der Waals surface area contributed by atoms with Crippen molar-refractivity contribution < 1.29 is 4.79 Å². The second kappa shape index (κ2) is 7.28. The quantitative estimate of drug-likeness (QED) is 0.931. The maximum atomic E-state index is 12.5. The molecule has 0 aromatic carbocycles. The summed E-state index contributed by atoms with van der Waals surface area (Å²) in [6.45, 7) is 6.17. The highest BCUT2D eigenvalue weighted by molar-refractivity contribution is 5.92. The van der Waals surface area contributed by atoms with Gasteiger partial charge in [0.2, 0.25) is 5.95 Å². The Kier molecular flexibility index (Phi) is 5.13. The Morgan fingerprint density at radius 1 is 1.17 bits per heavy atom. The number of aromatic nitrogens is 2. The van der Waals surface area contributed by atoms with Crippen LogP contribution >= 0.6 is 0 Å². The number of piperidine rings is 1. The molecule has 1 unspecified atom stereocenters. The fourth-order valence-electron chi connectivity index (χ4n) is 3.69. The third-order valence-electron chi connectivity index (χ3n) is 4.96. The molecule has 1 aromatic rings. The van der Waals surface area contributed by atoms with Crippen molar-refractivity contribution in [2.24, 2.45) is 5.92 Å².